The monoisotopic (exact) mass is 304 g/mol. The van der Waals surface area contributed by atoms with Gasteiger partial charge in [0.05, 0.1) is 6.26 Å². The number of hydrogen-bond acceptors (Lipinski definition) is 3. The predicted octanol–water partition coefficient (Wildman–Crippen LogP) is 2.37. The number of carbonyl (C=O) groups excluding carboxylic acids is 1. The van der Waals surface area contributed by atoms with Gasteiger partial charge in [-0.05, 0) is 39.5 Å². The van der Waals surface area contributed by atoms with Crippen molar-refractivity contribution in [1.29, 1.82) is 0 Å². The Bertz CT molecular complexity index is 493. The van der Waals surface area contributed by atoms with Crippen LogP contribution in [0, 0.1) is 5.41 Å². The van der Waals surface area contributed by atoms with Crippen molar-refractivity contribution in [2.24, 2.45) is 5.41 Å². The van der Waals surface area contributed by atoms with E-state index < -0.39 is 15.4 Å². The molecule has 1 unspecified atom stereocenters. The Balaban J connectivity index is 2.04. The molecule has 1 aliphatic carbocycles. The molecular weight excluding hydrogens is 278 g/mol. The fourth-order valence-electron chi connectivity index (χ4n) is 2.99. The average molecular weight is 304 g/mol. The van der Waals surface area contributed by atoms with Crippen LogP contribution in [0.15, 0.2) is 0 Å². The molecule has 2 fully saturated rings. The molecule has 2 aliphatic rings. The molecule has 0 radical (unpaired) electrons. The molecule has 1 heterocycles. The largest absolute Gasteiger partial charge is 0.443 e. The summed E-state index contributed by atoms with van der Waals surface area (Å²) >= 11 is 0. The molecule has 1 aliphatic heterocycles. The molecular formula is C14H26NO4S+. The summed E-state index contributed by atoms with van der Waals surface area (Å²) < 4.78 is 27.4. The lowest BCUT2D eigenvalue weighted by Gasteiger charge is -2.37. The number of ether oxygens (including phenoxy) is 1. The van der Waals surface area contributed by atoms with E-state index in [0.717, 1.165) is 19.3 Å². The first-order valence-corrected chi connectivity index (χ1v) is 9.27. The summed E-state index contributed by atoms with van der Waals surface area (Å²) in [6, 6.07) is 0. The van der Waals surface area contributed by atoms with Gasteiger partial charge in [0.25, 0.3) is 9.84 Å². The molecule has 2 rings (SSSR count). The van der Waals surface area contributed by atoms with Crippen LogP contribution in [0.3, 0.4) is 0 Å². The molecule has 1 saturated carbocycles. The van der Waals surface area contributed by atoms with Gasteiger partial charge in [-0.2, -0.15) is 4.21 Å². The van der Waals surface area contributed by atoms with Crippen LogP contribution < -0.4 is 0 Å². The third kappa shape index (κ3) is 3.10. The zero-order chi connectivity index (χ0) is 15.2. The van der Waals surface area contributed by atoms with Crippen molar-refractivity contribution in [2.45, 2.75) is 57.3 Å². The first-order chi connectivity index (χ1) is 9.10. The Hall–Kier alpha value is -0.780. The number of amides is 1. The second-order valence-electron chi connectivity index (χ2n) is 6.90. The smallest absolute Gasteiger partial charge is 0.410 e. The van der Waals surface area contributed by atoms with Crippen LogP contribution in [-0.4, -0.2) is 49.6 Å². The predicted molar refractivity (Wildman–Crippen MR) is 78.5 cm³/mol. The average Bonchev–Trinajstić information content (AvgIpc) is 3.06. The van der Waals surface area contributed by atoms with Crippen LogP contribution in [0.1, 0.15) is 46.5 Å². The Morgan fingerprint density at radius 2 is 2.10 bits per heavy atom. The molecule has 1 saturated heterocycles. The molecule has 20 heavy (non-hydrogen) atoms. The molecule has 1 spiro atoms. The molecule has 2 atom stereocenters. The van der Waals surface area contributed by atoms with Crippen LogP contribution in [-0.2, 0) is 14.6 Å². The van der Waals surface area contributed by atoms with Gasteiger partial charge in [0, 0.05) is 18.5 Å². The Morgan fingerprint density at radius 3 is 2.55 bits per heavy atom. The van der Waals surface area contributed by atoms with Gasteiger partial charge in [-0.15, -0.1) is 0 Å². The normalized spacial score (nSPS) is 28.0. The summed E-state index contributed by atoms with van der Waals surface area (Å²) in [6.07, 6.45) is 4.36. The topological polar surface area (TPSA) is 68.0 Å². The van der Waals surface area contributed by atoms with Crippen molar-refractivity contribution in [3.05, 3.63) is 0 Å². The second-order valence-corrected chi connectivity index (χ2v) is 9.19. The maximum Gasteiger partial charge on any atom is 0.410 e. The highest BCUT2D eigenvalue weighted by Gasteiger charge is 2.58. The summed E-state index contributed by atoms with van der Waals surface area (Å²) in [5.74, 6) is 0. The SMILES string of the molecule is CCC(C)(C)OC(=O)N1CC[C@@H](S(C)(=O)=[OH+])C2(CC2)C1. The molecule has 0 aromatic carbocycles. The van der Waals surface area contributed by atoms with Gasteiger partial charge in [-0.1, -0.05) is 6.92 Å². The summed E-state index contributed by atoms with van der Waals surface area (Å²) in [5.41, 5.74) is -0.603. The molecule has 0 aromatic rings. The standard InChI is InChI=1S/C14H25NO4S/c1-5-13(2,3)19-12(16)15-9-6-11(20(4,17)18)14(10-15)7-8-14/h11H,5-10H2,1-4H3/p+1/t11-/m1/s1. The number of nitrogens with zero attached hydrogens (tertiary/aromatic N) is 1. The molecule has 5 nitrogen and oxygen atoms in total. The minimum atomic E-state index is -2.79. The van der Waals surface area contributed by atoms with Crippen molar-refractivity contribution in [3.8, 4) is 0 Å². The van der Waals surface area contributed by atoms with E-state index in [0.29, 0.717) is 19.5 Å². The zero-order valence-corrected chi connectivity index (χ0v) is 13.7. The summed E-state index contributed by atoms with van der Waals surface area (Å²) in [4.78, 5) is 13.9. The maximum atomic E-state index is 12.2. The lowest BCUT2D eigenvalue weighted by molar-refractivity contribution is 0.00300. The molecule has 0 bridgehead atoms. The minimum Gasteiger partial charge on any atom is -0.443 e. The second kappa shape index (κ2) is 4.90. The van der Waals surface area contributed by atoms with Crippen LogP contribution in [0.4, 0.5) is 4.79 Å². The molecule has 0 aromatic heterocycles. The van der Waals surface area contributed by atoms with Gasteiger partial charge in [0.15, 0.2) is 0 Å². The van der Waals surface area contributed by atoms with Crippen LogP contribution >= 0.6 is 0 Å². The fraction of sp³-hybridized carbons (Fsp3) is 0.929. The molecule has 116 valence electrons. The zero-order valence-electron chi connectivity index (χ0n) is 12.8. The molecule has 1 amide bonds. The van der Waals surface area contributed by atoms with E-state index in [-0.39, 0.29) is 16.8 Å². The molecule has 1 N–H and O–H groups in total. The van der Waals surface area contributed by atoms with Crippen molar-refractivity contribution < 1.29 is 17.9 Å². The minimum absolute atomic E-state index is 0.145. The first kappa shape index (κ1) is 15.6. The van der Waals surface area contributed by atoms with Gasteiger partial charge in [0.2, 0.25) is 0 Å². The van der Waals surface area contributed by atoms with E-state index in [4.69, 9.17) is 4.74 Å². The third-order valence-electron chi connectivity index (χ3n) is 4.74. The third-order valence-corrected chi connectivity index (χ3v) is 6.53. The van der Waals surface area contributed by atoms with E-state index in [1.54, 1.807) is 4.90 Å². The highest BCUT2D eigenvalue weighted by atomic mass is 32.2. The van der Waals surface area contributed by atoms with Crippen molar-refractivity contribution >= 4 is 15.9 Å². The van der Waals surface area contributed by atoms with Gasteiger partial charge in [-0.25, -0.2) is 9.00 Å². The first-order valence-electron chi connectivity index (χ1n) is 7.28. The lowest BCUT2D eigenvalue weighted by atomic mass is 9.94. The van der Waals surface area contributed by atoms with E-state index in [9.17, 15) is 13.2 Å². The lowest BCUT2D eigenvalue weighted by Crippen LogP contribution is -2.51. The quantitative estimate of drug-likeness (QED) is 0.752. The van der Waals surface area contributed by atoms with E-state index in [2.05, 4.69) is 0 Å². The van der Waals surface area contributed by atoms with E-state index in [1.807, 2.05) is 20.8 Å². The Labute approximate surface area is 121 Å². The highest BCUT2D eigenvalue weighted by molar-refractivity contribution is 7.91. The number of rotatable bonds is 3. The number of piperidine rings is 1. The van der Waals surface area contributed by atoms with E-state index in [1.165, 1.54) is 6.26 Å². The van der Waals surface area contributed by atoms with Crippen molar-refractivity contribution in [1.82, 2.24) is 4.90 Å². The number of likely N-dealkylation sites (tertiary alicyclic amines) is 1. The summed E-state index contributed by atoms with van der Waals surface area (Å²) in [5, 5.41) is -0.182. The number of hydrogen-bond donors (Lipinski definition) is 0. The number of carbonyl (C=O) groups is 1. The Kier molecular flexibility index (Phi) is 3.82. The van der Waals surface area contributed by atoms with Crippen LogP contribution in [0.5, 0.6) is 0 Å². The van der Waals surface area contributed by atoms with Gasteiger partial charge >= 0.3 is 6.09 Å². The van der Waals surface area contributed by atoms with Crippen LogP contribution in [0.2, 0.25) is 0 Å². The van der Waals surface area contributed by atoms with Crippen molar-refractivity contribution in [3.63, 3.8) is 0 Å². The Morgan fingerprint density at radius 1 is 1.50 bits per heavy atom. The molecule has 6 heteroatoms. The van der Waals surface area contributed by atoms with Gasteiger partial charge < -0.3 is 9.64 Å². The van der Waals surface area contributed by atoms with Gasteiger partial charge in [-0.3, -0.25) is 0 Å². The van der Waals surface area contributed by atoms with E-state index >= 15 is 0 Å². The fourth-order valence-corrected chi connectivity index (χ4v) is 4.77. The summed E-state index contributed by atoms with van der Waals surface area (Å²) in [7, 11) is -2.79. The highest BCUT2D eigenvalue weighted by Crippen LogP contribution is 2.54. The van der Waals surface area contributed by atoms with Gasteiger partial charge in [0.1, 0.15) is 10.9 Å². The van der Waals surface area contributed by atoms with Crippen LogP contribution in [0.25, 0.3) is 0 Å². The summed E-state index contributed by atoms with van der Waals surface area (Å²) in [6.45, 7) is 6.85. The maximum absolute atomic E-state index is 12.2. The van der Waals surface area contributed by atoms with Crippen molar-refractivity contribution in [2.75, 3.05) is 19.3 Å².